The van der Waals surface area contributed by atoms with Gasteiger partial charge in [0.2, 0.25) is 0 Å². The fourth-order valence-corrected chi connectivity index (χ4v) is 2.05. The van der Waals surface area contributed by atoms with Crippen molar-refractivity contribution in [2.24, 2.45) is 0 Å². The Kier molecular flexibility index (Phi) is 4.58. The predicted octanol–water partition coefficient (Wildman–Crippen LogP) is 4.69. The summed E-state index contributed by atoms with van der Waals surface area (Å²) < 4.78 is 5.67. The molecule has 0 bridgehead atoms. The van der Waals surface area contributed by atoms with Crippen molar-refractivity contribution in [3.05, 3.63) is 63.7 Å². The number of aryl methyl sites for hydroxylation is 1. The number of nitro groups is 1. The molecule has 2 aromatic rings. The third-order valence-corrected chi connectivity index (χ3v) is 3.25. The molecule has 0 atom stereocenters. The summed E-state index contributed by atoms with van der Waals surface area (Å²) >= 11 is 5.73. The van der Waals surface area contributed by atoms with Gasteiger partial charge in [-0.15, -0.1) is 11.6 Å². The summed E-state index contributed by atoms with van der Waals surface area (Å²) in [6.07, 6.45) is 0.966. The highest BCUT2D eigenvalue weighted by Crippen LogP contribution is 2.28. The Morgan fingerprint density at radius 3 is 2.35 bits per heavy atom. The van der Waals surface area contributed by atoms with E-state index < -0.39 is 4.92 Å². The van der Waals surface area contributed by atoms with Gasteiger partial charge >= 0.3 is 0 Å². The lowest BCUT2D eigenvalue weighted by atomic mass is 10.1. The van der Waals surface area contributed by atoms with Gasteiger partial charge in [0.05, 0.1) is 10.8 Å². The van der Waals surface area contributed by atoms with Gasteiger partial charge in [-0.1, -0.05) is 19.1 Å². The monoisotopic (exact) mass is 291 g/mol. The van der Waals surface area contributed by atoms with Gasteiger partial charge in [0.1, 0.15) is 11.5 Å². The molecule has 0 heterocycles. The number of halogens is 1. The molecule has 0 spiro atoms. The van der Waals surface area contributed by atoms with Gasteiger partial charge in [-0.2, -0.15) is 0 Å². The summed E-state index contributed by atoms with van der Waals surface area (Å²) in [5.41, 5.74) is 1.68. The fraction of sp³-hybridized carbons (Fsp3) is 0.200. The number of alkyl halides is 1. The molecule has 2 aromatic carbocycles. The Bertz CT molecular complexity index is 611. The topological polar surface area (TPSA) is 52.4 Å². The van der Waals surface area contributed by atoms with Crippen LogP contribution in [-0.2, 0) is 12.3 Å². The zero-order chi connectivity index (χ0) is 14.5. The van der Waals surface area contributed by atoms with E-state index in [-0.39, 0.29) is 11.6 Å². The van der Waals surface area contributed by atoms with Crippen molar-refractivity contribution in [2.45, 2.75) is 19.2 Å². The van der Waals surface area contributed by atoms with Crippen molar-refractivity contribution in [1.29, 1.82) is 0 Å². The number of hydrogen-bond donors (Lipinski definition) is 0. The maximum absolute atomic E-state index is 10.8. The lowest BCUT2D eigenvalue weighted by molar-refractivity contribution is -0.385. The SMILES string of the molecule is CCc1ccc(Oc2ccc([N+](=O)[O-])c(CCl)c2)cc1. The minimum atomic E-state index is -0.447. The molecular weight excluding hydrogens is 278 g/mol. The molecular formula is C15H14ClNO3. The molecule has 2 rings (SSSR count). The average molecular weight is 292 g/mol. The summed E-state index contributed by atoms with van der Waals surface area (Å²) in [6, 6.07) is 12.3. The van der Waals surface area contributed by atoms with Gasteiger partial charge in [-0.25, -0.2) is 0 Å². The van der Waals surface area contributed by atoms with Crippen LogP contribution in [0.4, 0.5) is 5.69 Å². The molecule has 0 aliphatic heterocycles. The first kappa shape index (κ1) is 14.3. The molecule has 0 aliphatic carbocycles. The lowest BCUT2D eigenvalue weighted by Gasteiger charge is -2.08. The molecule has 0 unspecified atom stereocenters. The smallest absolute Gasteiger partial charge is 0.274 e. The van der Waals surface area contributed by atoms with Crippen LogP contribution >= 0.6 is 11.6 Å². The molecule has 0 saturated carbocycles. The van der Waals surface area contributed by atoms with Crippen LogP contribution in [0.1, 0.15) is 18.1 Å². The highest BCUT2D eigenvalue weighted by Gasteiger charge is 2.13. The molecule has 0 aliphatic rings. The normalized spacial score (nSPS) is 10.3. The Hall–Kier alpha value is -2.07. The Labute approximate surface area is 122 Å². The predicted molar refractivity (Wildman–Crippen MR) is 78.5 cm³/mol. The van der Waals surface area contributed by atoms with Gasteiger partial charge in [0, 0.05) is 11.6 Å². The van der Waals surface area contributed by atoms with E-state index in [9.17, 15) is 10.1 Å². The number of benzene rings is 2. The molecule has 0 radical (unpaired) electrons. The molecule has 0 aromatic heterocycles. The highest BCUT2D eigenvalue weighted by atomic mass is 35.5. The zero-order valence-corrected chi connectivity index (χ0v) is 11.8. The molecule has 20 heavy (non-hydrogen) atoms. The highest BCUT2D eigenvalue weighted by molar-refractivity contribution is 6.17. The number of ether oxygens (including phenoxy) is 1. The van der Waals surface area contributed by atoms with Crippen LogP contribution in [0.25, 0.3) is 0 Å². The van der Waals surface area contributed by atoms with Gasteiger partial charge in [-0.05, 0) is 36.2 Å². The molecule has 4 nitrogen and oxygen atoms in total. The average Bonchev–Trinajstić information content (AvgIpc) is 2.47. The molecule has 0 fully saturated rings. The summed E-state index contributed by atoms with van der Waals surface area (Å²) in [4.78, 5) is 10.4. The molecule has 104 valence electrons. The first-order chi connectivity index (χ1) is 9.63. The van der Waals surface area contributed by atoms with Crippen LogP contribution < -0.4 is 4.74 Å². The van der Waals surface area contributed by atoms with Crippen molar-refractivity contribution < 1.29 is 9.66 Å². The van der Waals surface area contributed by atoms with E-state index in [4.69, 9.17) is 16.3 Å². The Morgan fingerprint density at radius 2 is 1.80 bits per heavy atom. The van der Waals surface area contributed by atoms with E-state index in [1.54, 1.807) is 12.1 Å². The summed E-state index contributed by atoms with van der Waals surface area (Å²) in [7, 11) is 0. The number of nitro benzene ring substituents is 1. The zero-order valence-electron chi connectivity index (χ0n) is 11.0. The first-order valence-corrected chi connectivity index (χ1v) is 6.77. The third kappa shape index (κ3) is 3.27. The van der Waals surface area contributed by atoms with Crippen molar-refractivity contribution in [3.63, 3.8) is 0 Å². The summed E-state index contributed by atoms with van der Waals surface area (Å²) in [5, 5.41) is 10.8. The Morgan fingerprint density at radius 1 is 1.15 bits per heavy atom. The van der Waals surface area contributed by atoms with Crippen LogP contribution in [0.2, 0.25) is 0 Å². The molecule has 5 heteroatoms. The van der Waals surface area contributed by atoms with E-state index >= 15 is 0 Å². The minimum absolute atomic E-state index is 0.00804. The van der Waals surface area contributed by atoms with Crippen LogP contribution in [0.15, 0.2) is 42.5 Å². The number of nitrogens with zero attached hydrogens (tertiary/aromatic N) is 1. The minimum Gasteiger partial charge on any atom is -0.457 e. The van der Waals surface area contributed by atoms with Gasteiger partial charge in [0.25, 0.3) is 5.69 Å². The standard InChI is InChI=1S/C15H14ClNO3/c1-2-11-3-5-13(6-4-11)20-14-7-8-15(17(18)19)12(9-14)10-16/h3-9H,2,10H2,1H3. The summed E-state index contributed by atoms with van der Waals surface area (Å²) in [5.74, 6) is 1.30. The largest absolute Gasteiger partial charge is 0.457 e. The van der Waals surface area contributed by atoms with Crippen molar-refractivity contribution >= 4 is 17.3 Å². The number of rotatable bonds is 5. The molecule has 0 saturated heterocycles. The quantitative estimate of drug-likeness (QED) is 0.456. The van der Waals surface area contributed by atoms with Gasteiger partial charge in [0.15, 0.2) is 0 Å². The molecule has 0 N–H and O–H groups in total. The maximum Gasteiger partial charge on any atom is 0.274 e. The second-order valence-electron chi connectivity index (χ2n) is 4.28. The second-order valence-corrected chi connectivity index (χ2v) is 4.55. The van der Waals surface area contributed by atoms with E-state index in [2.05, 4.69) is 6.92 Å². The van der Waals surface area contributed by atoms with Crippen LogP contribution in [0.3, 0.4) is 0 Å². The second kappa shape index (κ2) is 6.39. The van der Waals surface area contributed by atoms with E-state index in [1.807, 2.05) is 24.3 Å². The van der Waals surface area contributed by atoms with Gasteiger partial charge < -0.3 is 4.74 Å². The van der Waals surface area contributed by atoms with Crippen molar-refractivity contribution in [3.8, 4) is 11.5 Å². The number of hydrogen-bond acceptors (Lipinski definition) is 3. The Balaban J connectivity index is 2.22. The van der Waals surface area contributed by atoms with Crippen LogP contribution in [0, 0.1) is 10.1 Å². The van der Waals surface area contributed by atoms with Gasteiger partial charge in [-0.3, -0.25) is 10.1 Å². The van der Waals surface area contributed by atoms with Crippen LogP contribution in [-0.4, -0.2) is 4.92 Å². The van der Waals surface area contributed by atoms with E-state index in [0.717, 1.165) is 6.42 Å². The van der Waals surface area contributed by atoms with Crippen LogP contribution in [0.5, 0.6) is 11.5 Å². The molecule has 0 amide bonds. The van der Waals surface area contributed by atoms with E-state index in [1.165, 1.54) is 11.6 Å². The first-order valence-electron chi connectivity index (χ1n) is 6.24. The maximum atomic E-state index is 10.8. The van der Waals surface area contributed by atoms with E-state index in [0.29, 0.717) is 17.1 Å². The summed E-state index contributed by atoms with van der Waals surface area (Å²) in [6.45, 7) is 2.08. The lowest BCUT2D eigenvalue weighted by Crippen LogP contribution is -1.94. The third-order valence-electron chi connectivity index (χ3n) is 2.96. The van der Waals surface area contributed by atoms with Crippen molar-refractivity contribution in [1.82, 2.24) is 0 Å². The fourth-order valence-electron chi connectivity index (χ4n) is 1.84. The van der Waals surface area contributed by atoms with Crippen molar-refractivity contribution in [2.75, 3.05) is 0 Å².